The van der Waals surface area contributed by atoms with Gasteiger partial charge in [0.2, 0.25) is 5.91 Å². The number of amides is 2. The summed E-state index contributed by atoms with van der Waals surface area (Å²) in [5.74, 6) is -1.56. The number of aliphatic carboxylic acids is 1. The Morgan fingerprint density at radius 2 is 1.84 bits per heavy atom. The molecule has 0 aromatic carbocycles. The van der Waals surface area contributed by atoms with E-state index in [2.05, 4.69) is 15.7 Å². The van der Waals surface area contributed by atoms with E-state index in [-0.39, 0.29) is 36.4 Å². The Morgan fingerprint density at radius 1 is 1.12 bits per heavy atom. The zero-order valence-electron chi connectivity index (χ0n) is 14.1. The second-order valence-corrected chi connectivity index (χ2v) is 7.01. The average Bonchev–Trinajstić information content (AvgIpc) is 2.99. The van der Waals surface area contributed by atoms with Crippen LogP contribution in [0.4, 0.5) is 0 Å². The van der Waals surface area contributed by atoms with Crippen molar-refractivity contribution in [2.45, 2.75) is 63.6 Å². The van der Waals surface area contributed by atoms with Crippen molar-refractivity contribution in [2.75, 3.05) is 0 Å². The molecule has 2 amide bonds. The number of nitrogens with zero attached hydrogens (tertiary/aromatic N) is 2. The fourth-order valence-corrected chi connectivity index (χ4v) is 3.44. The summed E-state index contributed by atoms with van der Waals surface area (Å²) in [5, 5.41) is 18.7. The first-order valence-electron chi connectivity index (χ1n) is 8.87. The Kier molecular flexibility index (Phi) is 5.35. The zero-order valence-corrected chi connectivity index (χ0v) is 14.1. The van der Waals surface area contributed by atoms with Gasteiger partial charge < -0.3 is 15.7 Å². The smallest absolute Gasteiger partial charge is 0.306 e. The summed E-state index contributed by atoms with van der Waals surface area (Å²) in [6.45, 7) is 0.0916. The molecule has 8 nitrogen and oxygen atoms in total. The number of carbonyl (C=O) groups excluding carboxylic acids is 2. The topological polar surface area (TPSA) is 113 Å². The van der Waals surface area contributed by atoms with Gasteiger partial charge in [-0.15, -0.1) is 0 Å². The van der Waals surface area contributed by atoms with Crippen LogP contribution in [0.3, 0.4) is 0 Å². The third-order valence-corrected chi connectivity index (χ3v) is 4.99. The molecular formula is C17H24N4O4. The van der Waals surface area contributed by atoms with E-state index < -0.39 is 5.97 Å². The van der Waals surface area contributed by atoms with Crippen molar-refractivity contribution in [3.63, 3.8) is 0 Å². The second kappa shape index (κ2) is 7.67. The molecule has 3 rings (SSSR count). The monoisotopic (exact) mass is 348 g/mol. The Morgan fingerprint density at radius 3 is 2.52 bits per heavy atom. The van der Waals surface area contributed by atoms with Gasteiger partial charge in [-0.25, -0.2) is 0 Å². The van der Waals surface area contributed by atoms with Gasteiger partial charge in [0.05, 0.1) is 17.7 Å². The number of carboxylic acids is 1. The van der Waals surface area contributed by atoms with Crippen molar-refractivity contribution in [3.05, 3.63) is 18.0 Å². The van der Waals surface area contributed by atoms with E-state index in [4.69, 9.17) is 5.11 Å². The standard InChI is InChI=1S/C17H24N4O4/c22-15(19-13-4-2-1-3-5-13)10-21-9-12(8-18-21)16(23)20-14-6-11(7-14)17(24)25/h8-9,11,13-14H,1-7,10H2,(H,19,22)(H,20,23)(H,24,25). The average molecular weight is 348 g/mol. The fraction of sp³-hybridized carbons (Fsp3) is 0.647. The first kappa shape index (κ1) is 17.4. The summed E-state index contributed by atoms with van der Waals surface area (Å²) in [7, 11) is 0. The molecule has 1 heterocycles. The maximum absolute atomic E-state index is 12.1. The molecule has 0 radical (unpaired) electrons. The van der Waals surface area contributed by atoms with Gasteiger partial charge >= 0.3 is 5.97 Å². The van der Waals surface area contributed by atoms with Crippen LogP contribution < -0.4 is 10.6 Å². The summed E-state index contributed by atoms with van der Waals surface area (Å²) in [6.07, 6.45) is 9.48. The van der Waals surface area contributed by atoms with Crippen LogP contribution >= 0.6 is 0 Å². The highest BCUT2D eigenvalue weighted by atomic mass is 16.4. The molecule has 0 bridgehead atoms. The molecule has 2 saturated carbocycles. The van der Waals surface area contributed by atoms with Crippen molar-refractivity contribution < 1.29 is 19.5 Å². The van der Waals surface area contributed by atoms with Gasteiger partial charge in [0.1, 0.15) is 6.54 Å². The molecule has 136 valence electrons. The largest absolute Gasteiger partial charge is 0.481 e. The number of rotatable bonds is 6. The maximum Gasteiger partial charge on any atom is 0.306 e. The van der Waals surface area contributed by atoms with Crippen LogP contribution in [0.25, 0.3) is 0 Å². The predicted molar refractivity (Wildman–Crippen MR) is 88.9 cm³/mol. The zero-order chi connectivity index (χ0) is 17.8. The second-order valence-electron chi connectivity index (χ2n) is 7.01. The highest BCUT2D eigenvalue weighted by Gasteiger charge is 2.35. The fourth-order valence-electron chi connectivity index (χ4n) is 3.44. The molecule has 0 spiro atoms. The van der Waals surface area contributed by atoms with E-state index in [1.807, 2.05) is 0 Å². The number of hydrogen-bond acceptors (Lipinski definition) is 4. The van der Waals surface area contributed by atoms with Crippen LogP contribution in [0.15, 0.2) is 12.4 Å². The van der Waals surface area contributed by atoms with Gasteiger partial charge in [0.25, 0.3) is 5.91 Å². The lowest BCUT2D eigenvalue weighted by molar-refractivity contribution is -0.145. The Labute approximate surface area is 146 Å². The minimum absolute atomic E-state index is 0.0916. The molecule has 3 N–H and O–H groups in total. The quantitative estimate of drug-likeness (QED) is 0.708. The number of nitrogens with one attached hydrogen (secondary N) is 2. The molecule has 1 aromatic heterocycles. The third-order valence-electron chi connectivity index (χ3n) is 4.99. The molecule has 2 fully saturated rings. The van der Waals surface area contributed by atoms with E-state index in [1.165, 1.54) is 17.3 Å². The van der Waals surface area contributed by atoms with Crippen LogP contribution in [-0.4, -0.2) is 44.8 Å². The highest BCUT2D eigenvalue weighted by molar-refractivity contribution is 5.94. The number of aromatic nitrogens is 2. The van der Waals surface area contributed by atoms with Crippen LogP contribution in [0.2, 0.25) is 0 Å². The molecule has 2 aliphatic rings. The Bertz CT molecular complexity index is 645. The number of carbonyl (C=O) groups is 3. The normalized spacial score (nSPS) is 23.5. The molecule has 1 aromatic rings. The Balaban J connectivity index is 1.44. The van der Waals surface area contributed by atoms with Gasteiger partial charge in [-0.05, 0) is 25.7 Å². The SMILES string of the molecule is O=C(Cn1cc(C(=O)NC2CC(C(=O)O)C2)cn1)NC1CCCCC1. The van der Waals surface area contributed by atoms with E-state index in [9.17, 15) is 14.4 Å². The first-order chi connectivity index (χ1) is 12.0. The van der Waals surface area contributed by atoms with Gasteiger partial charge in [-0.3, -0.25) is 19.1 Å². The van der Waals surface area contributed by atoms with Crippen molar-refractivity contribution in [2.24, 2.45) is 5.92 Å². The van der Waals surface area contributed by atoms with Gasteiger partial charge in [0, 0.05) is 18.3 Å². The molecule has 0 aliphatic heterocycles. The molecule has 2 aliphatic carbocycles. The summed E-state index contributed by atoms with van der Waals surface area (Å²) in [4.78, 5) is 35.0. The van der Waals surface area contributed by atoms with Crippen LogP contribution in [0, 0.1) is 5.92 Å². The van der Waals surface area contributed by atoms with Gasteiger partial charge in [-0.1, -0.05) is 19.3 Å². The molecular weight excluding hydrogens is 324 g/mol. The summed E-state index contributed by atoms with van der Waals surface area (Å²) >= 11 is 0. The van der Waals surface area contributed by atoms with E-state index in [1.54, 1.807) is 6.20 Å². The lowest BCUT2D eigenvalue weighted by Gasteiger charge is -2.32. The van der Waals surface area contributed by atoms with Gasteiger partial charge in [-0.2, -0.15) is 5.10 Å². The number of carboxylic acid groups (broad SMARTS) is 1. The lowest BCUT2D eigenvalue weighted by Crippen LogP contribution is -2.46. The van der Waals surface area contributed by atoms with Crippen molar-refractivity contribution in [1.29, 1.82) is 0 Å². The van der Waals surface area contributed by atoms with Crippen molar-refractivity contribution in [1.82, 2.24) is 20.4 Å². The Hall–Kier alpha value is -2.38. The lowest BCUT2D eigenvalue weighted by atomic mass is 9.80. The molecule has 25 heavy (non-hydrogen) atoms. The molecule has 0 unspecified atom stereocenters. The van der Waals surface area contributed by atoms with Crippen molar-refractivity contribution in [3.8, 4) is 0 Å². The summed E-state index contributed by atoms with van der Waals surface area (Å²) in [5.41, 5.74) is 0.379. The van der Waals surface area contributed by atoms with Crippen molar-refractivity contribution >= 4 is 17.8 Å². The summed E-state index contributed by atoms with van der Waals surface area (Å²) in [6, 6.07) is 0.145. The maximum atomic E-state index is 12.1. The van der Waals surface area contributed by atoms with Crippen LogP contribution in [-0.2, 0) is 16.1 Å². The third kappa shape index (κ3) is 4.58. The minimum Gasteiger partial charge on any atom is -0.481 e. The molecule has 0 atom stereocenters. The van der Waals surface area contributed by atoms with Crippen LogP contribution in [0.5, 0.6) is 0 Å². The highest BCUT2D eigenvalue weighted by Crippen LogP contribution is 2.27. The number of hydrogen-bond donors (Lipinski definition) is 3. The van der Waals surface area contributed by atoms with E-state index in [0.717, 1.165) is 25.7 Å². The first-order valence-corrected chi connectivity index (χ1v) is 8.87. The van der Waals surface area contributed by atoms with Gasteiger partial charge in [0.15, 0.2) is 0 Å². The minimum atomic E-state index is -0.817. The van der Waals surface area contributed by atoms with E-state index >= 15 is 0 Å². The molecule has 8 heteroatoms. The van der Waals surface area contributed by atoms with Crippen LogP contribution in [0.1, 0.15) is 55.3 Å². The predicted octanol–water partition coefficient (Wildman–Crippen LogP) is 0.925. The summed E-state index contributed by atoms with van der Waals surface area (Å²) < 4.78 is 1.45. The molecule has 0 saturated heterocycles. The van der Waals surface area contributed by atoms with E-state index in [0.29, 0.717) is 18.4 Å².